The maximum atomic E-state index is 5.45. The van der Waals surface area contributed by atoms with E-state index in [0.717, 1.165) is 18.2 Å². The van der Waals surface area contributed by atoms with Crippen LogP contribution in [0.3, 0.4) is 0 Å². The van der Waals surface area contributed by atoms with E-state index in [1.807, 2.05) is 6.07 Å². The highest BCUT2D eigenvalue weighted by atomic mass is 16.5. The second-order valence-corrected chi connectivity index (χ2v) is 6.19. The van der Waals surface area contributed by atoms with Crippen molar-refractivity contribution >= 4 is 0 Å². The Morgan fingerprint density at radius 1 is 1.05 bits per heavy atom. The van der Waals surface area contributed by atoms with Crippen LogP contribution in [0.4, 0.5) is 0 Å². The predicted octanol–water partition coefficient (Wildman–Crippen LogP) is 2.61. The van der Waals surface area contributed by atoms with Crippen molar-refractivity contribution in [1.29, 1.82) is 0 Å². The number of piperazine rings is 1. The third kappa shape index (κ3) is 3.33. The predicted molar refractivity (Wildman–Crippen MR) is 82.1 cm³/mol. The molecule has 1 aliphatic carbocycles. The van der Waals surface area contributed by atoms with Crippen LogP contribution in [0.2, 0.25) is 0 Å². The van der Waals surface area contributed by atoms with Gasteiger partial charge in [0.15, 0.2) is 0 Å². The van der Waals surface area contributed by atoms with Gasteiger partial charge in [-0.1, -0.05) is 24.6 Å². The highest BCUT2D eigenvalue weighted by molar-refractivity contribution is 5.33. The molecule has 0 amide bonds. The summed E-state index contributed by atoms with van der Waals surface area (Å²) in [5, 5.41) is 0. The van der Waals surface area contributed by atoms with Crippen LogP contribution in [0, 0.1) is 5.92 Å². The maximum Gasteiger partial charge on any atom is 0.123 e. The van der Waals surface area contributed by atoms with Gasteiger partial charge in [-0.15, -0.1) is 0 Å². The molecule has 0 bridgehead atoms. The number of hydrogen-bond donors (Lipinski definition) is 0. The van der Waals surface area contributed by atoms with Crippen LogP contribution in [0.15, 0.2) is 24.3 Å². The summed E-state index contributed by atoms with van der Waals surface area (Å²) in [6.07, 6.45) is 4.38. The van der Waals surface area contributed by atoms with Crippen molar-refractivity contribution in [3.05, 3.63) is 29.8 Å². The Hall–Kier alpha value is -1.06. The molecule has 0 aromatic heterocycles. The fourth-order valence-corrected chi connectivity index (χ4v) is 3.24. The molecule has 3 heteroatoms. The Kier molecular flexibility index (Phi) is 4.58. The summed E-state index contributed by atoms with van der Waals surface area (Å²) in [7, 11) is 1.76. The van der Waals surface area contributed by atoms with E-state index in [9.17, 15) is 0 Å². The number of rotatable bonds is 5. The summed E-state index contributed by atoms with van der Waals surface area (Å²) in [4.78, 5) is 5.21. The molecule has 1 saturated heterocycles. The average Bonchev–Trinajstić information content (AvgIpc) is 2.45. The quantitative estimate of drug-likeness (QED) is 0.821. The summed E-state index contributed by atoms with van der Waals surface area (Å²) in [5.41, 5.74) is 1.31. The van der Waals surface area contributed by atoms with E-state index in [2.05, 4.69) is 28.0 Å². The van der Waals surface area contributed by atoms with Crippen LogP contribution in [-0.4, -0.2) is 49.6 Å². The zero-order valence-corrected chi connectivity index (χ0v) is 12.6. The first-order chi connectivity index (χ1) is 9.85. The summed E-state index contributed by atoms with van der Waals surface area (Å²) >= 11 is 0. The van der Waals surface area contributed by atoms with E-state index in [0.29, 0.717) is 0 Å². The summed E-state index contributed by atoms with van der Waals surface area (Å²) in [6.45, 7) is 7.18. The summed E-state index contributed by atoms with van der Waals surface area (Å²) in [5.74, 6) is 2.01. The second kappa shape index (κ2) is 6.59. The lowest BCUT2D eigenvalue weighted by molar-refractivity contribution is 0.0962. The fraction of sp³-hybridized carbons (Fsp3) is 0.647. The Morgan fingerprint density at radius 2 is 1.75 bits per heavy atom. The van der Waals surface area contributed by atoms with E-state index in [1.165, 1.54) is 57.5 Å². The number of hydrogen-bond acceptors (Lipinski definition) is 3. The molecule has 0 unspecified atom stereocenters. The molecule has 0 N–H and O–H groups in total. The molecule has 20 heavy (non-hydrogen) atoms. The van der Waals surface area contributed by atoms with E-state index in [1.54, 1.807) is 7.11 Å². The van der Waals surface area contributed by atoms with Crippen LogP contribution in [-0.2, 0) is 6.54 Å². The van der Waals surface area contributed by atoms with Gasteiger partial charge in [-0.3, -0.25) is 4.90 Å². The van der Waals surface area contributed by atoms with Crippen molar-refractivity contribution in [2.45, 2.75) is 25.8 Å². The van der Waals surface area contributed by atoms with E-state index in [4.69, 9.17) is 4.74 Å². The van der Waals surface area contributed by atoms with Gasteiger partial charge in [-0.25, -0.2) is 0 Å². The minimum atomic E-state index is 0.996. The number of para-hydroxylation sites is 1. The van der Waals surface area contributed by atoms with Crippen molar-refractivity contribution in [2.24, 2.45) is 5.92 Å². The minimum Gasteiger partial charge on any atom is -0.496 e. The normalized spacial score (nSPS) is 21.6. The molecule has 1 aliphatic heterocycles. The van der Waals surface area contributed by atoms with Crippen molar-refractivity contribution in [3.63, 3.8) is 0 Å². The molecule has 3 rings (SSSR count). The second-order valence-electron chi connectivity index (χ2n) is 6.19. The summed E-state index contributed by atoms with van der Waals surface area (Å²) in [6, 6.07) is 8.38. The zero-order chi connectivity index (χ0) is 13.8. The van der Waals surface area contributed by atoms with Crippen LogP contribution in [0.25, 0.3) is 0 Å². The Morgan fingerprint density at radius 3 is 2.40 bits per heavy atom. The highest BCUT2D eigenvalue weighted by Crippen LogP contribution is 2.27. The van der Waals surface area contributed by atoms with Gasteiger partial charge in [0, 0.05) is 44.8 Å². The first kappa shape index (κ1) is 13.9. The van der Waals surface area contributed by atoms with Gasteiger partial charge in [0.2, 0.25) is 0 Å². The van der Waals surface area contributed by atoms with Crippen molar-refractivity contribution in [2.75, 3.05) is 39.8 Å². The third-order valence-electron chi connectivity index (χ3n) is 4.79. The van der Waals surface area contributed by atoms with Gasteiger partial charge < -0.3 is 9.64 Å². The van der Waals surface area contributed by atoms with Gasteiger partial charge >= 0.3 is 0 Å². The number of ether oxygens (including phenoxy) is 1. The van der Waals surface area contributed by atoms with Crippen molar-refractivity contribution in [1.82, 2.24) is 9.80 Å². The standard InChI is InChI=1S/C17H26N2O/c1-20-17-8-3-2-7-16(17)14-19-11-9-18(10-12-19)13-15-5-4-6-15/h2-3,7-8,15H,4-6,9-14H2,1H3. The molecule has 0 spiro atoms. The Balaban J connectivity index is 1.48. The lowest BCUT2D eigenvalue weighted by Crippen LogP contribution is -2.47. The van der Waals surface area contributed by atoms with Gasteiger partial charge in [-0.2, -0.15) is 0 Å². The Bertz CT molecular complexity index is 423. The molecule has 1 aromatic rings. The average molecular weight is 274 g/mol. The number of methoxy groups -OCH3 is 1. The van der Waals surface area contributed by atoms with E-state index >= 15 is 0 Å². The topological polar surface area (TPSA) is 15.7 Å². The largest absolute Gasteiger partial charge is 0.496 e. The molecule has 1 heterocycles. The van der Waals surface area contributed by atoms with Crippen molar-refractivity contribution < 1.29 is 4.74 Å². The monoisotopic (exact) mass is 274 g/mol. The molecule has 1 aromatic carbocycles. The van der Waals surface area contributed by atoms with Gasteiger partial charge in [0.25, 0.3) is 0 Å². The molecule has 2 fully saturated rings. The fourth-order valence-electron chi connectivity index (χ4n) is 3.24. The van der Waals surface area contributed by atoms with Crippen LogP contribution in [0.1, 0.15) is 24.8 Å². The smallest absolute Gasteiger partial charge is 0.123 e. The van der Waals surface area contributed by atoms with Gasteiger partial charge in [0.05, 0.1) is 7.11 Å². The van der Waals surface area contributed by atoms with Gasteiger partial charge in [-0.05, 0) is 24.8 Å². The highest BCUT2D eigenvalue weighted by Gasteiger charge is 2.23. The van der Waals surface area contributed by atoms with E-state index < -0.39 is 0 Å². The molecular formula is C17H26N2O. The van der Waals surface area contributed by atoms with Crippen LogP contribution in [0.5, 0.6) is 5.75 Å². The maximum absolute atomic E-state index is 5.45. The first-order valence-electron chi connectivity index (χ1n) is 7.92. The van der Waals surface area contributed by atoms with Crippen LogP contribution < -0.4 is 4.74 Å². The molecule has 0 radical (unpaired) electrons. The summed E-state index contributed by atoms with van der Waals surface area (Å²) < 4.78 is 5.45. The molecule has 110 valence electrons. The lowest BCUT2D eigenvalue weighted by atomic mass is 9.85. The molecular weight excluding hydrogens is 248 g/mol. The minimum absolute atomic E-state index is 0.996. The van der Waals surface area contributed by atoms with Crippen molar-refractivity contribution in [3.8, 4) is 5.75 Å². The first-order valence-corrected chi connectivity index (χ1v) is 7.92. The Labute approximate surface area is 122 Å². The third-order valence-corrected chi connectivity index (χ3v) is 4.79. The van der Waals surface area contributed by atoms with Crippen LogP contribution >= 0.6 is 0 Å². The lowest BCUT2D eigenvalue weighted by Gasteiger charge is -2.38. The molecule has 0 atom stereocenters. The molecule has 1 saturated carbocycles. The number of nitrogens with zero attached hydrogens (tertiary/aromatic N) is 2. The molecule has 3 nitrogen and oxygen atoms in total. The van der Waals surface area contributed by atoms with Gasteiger partial charge in [0.1, 0.15) is 5.75 Å². The number of benzene rings is 1. The van der Waals surface area contributed by atoms with E-state index in [-0.39, 0.29) is 0 Å². The molecule has 2 aliphatic rings. The SMILES string of the molecule is COc1ccccc1CN1CCN(CC2CCC2)CC1. The zero-order valence-electron chi connectivity index (χ0n) is 12.6.